The number of aliphatic carboxylic acids is 1. The average molecular weight is 186 g/mol. The quantitative estimate of drug-likeness (QED) is 0.746. The number of hydrogen-bond donors (Lipinski definition) is 2. The van der Waals surface area contributed by atoms with Crippen LogP contribution in [0.2, 0.25) is 0 Å². The normalized spacial score (nSPS) is 12.8. The van der Waals surface area contributed by atoms with Crippen LogP contribution in [0.4, 0.5) is 5.13 Å². The number of rotatable bonds is 3. The number of nitrogens with two attached hydrogens (primary N) is 1. The maximum Gasteiger partial charge on any atom is 0.312 e. The summed E-state index contributed by atoms with van der Waals surface area (Å²) in [6.45, 7) is 1.81. The molecule has 5 heteroatoms. The SMILES string of the molecule is CCC(C(=O)O)c1csc(N)n1. The second-order valence-corrected chi connectivity index (χ2v) is 3.30. The summed E-state index contributed by atoms with van der Waals surface area (Å²) in [6.07, 6.45) is 0.540. The van der Waals surface area contributed by atoms with Gasteiger partial charge in [0.2, 0.25) is 0 Å². The molecule has 0 fully saturated rings. The maximum absolute atomic E-state index is 10.7. The molecule has 1 heterocycles. The highest BCUT2D eigenvalue weighted by Crippen LogP contribution is 2.22. The van der Waals surface area contributed by atoms with Crippen molar-refractivity contribution in [2.45, 2.75) is 19.3 Å². The van der Waals surface area contributed by atoms with Crippen LogP contribution in [0.25, 0.3) is 0 Å². The highest BCUT2D eigenvalue weighted by Gasteiger charge is 2.19. The lowest BCUT2D eigenvalue weighted by Gasteiger charge is -2.04. The van der Waals surface area contributed by atoms with Crippen molar-refractivity contribution >= 4 is 22.4 Å². The Morgan fingerprint density at radius 2 is 2.58 bits per heavy atom. The summed E-state index contributed by atoms with van der Waals surface area (Å²) in [4.78, 5) is 14.6. The molecule has 0 amide bonds. The number of carbonyl (C=O) groups is 1. The zero-order chi connectivity index (χ0) is 9.14. The highest BCUT2D eigenvalue weighted by atomic mass is 32.1. The van der Waals surface area contributed by atoms with Gasteiger partial charge in [0.25, 0.3) is 0 Å². The minimum Gasteiger partial charge on any atom is -0.481 e. The van der Waals surface area contributed by atoms with Gasteiger partial charge >= 0.3 is 5.97 Å². The smallest absolute Gasteiger partial charge is 0.312 e. The van der Waals surface area contributed by atoms with Crippen molar-refractivity contribution in [3.63, 3.8) is 0 Å². The van der Waals surface area contributed by atoms with Crippen LogP contribution in [0.5, 0.6) is 0 Å². The van der Waals surface area contributed by atoms with Crippen molar-refractivity contribution in [2.24, 2.45) is 0 Å². The van der Waals surface area contributed by atoms with E-state index < -0.39 is 11.9 Å². The summed E-state index contributed by atoms with van der Waals surface area (Å²) >= 11 is 1.27. The third kappa shape index (κ3) is 1.73. The second-order valence-electron chi connectivity index (χ2n) is 2.41. The zero-order valence-corrected chi connectivity index (χ0v) is 7.47. The average Bonchev–Trinajstić information content (AvgIpc) is 2.37. The van der Waals surface area contributed by atoms with Crippen LogP contribution in [0.3, 0.4) is 0 Å². The van der Waals surface area contributed by atoms with Crippen LogP contribution in [0.15, 0.2) is 5.38 Å². The molecule has 3 N–H and O–H groups in total. The Balaban J connectivity index is 2.87. The number of nitrogen functional groups attached to an aromatic ring is 1. The van der Waals surface area contributed by atoms with Gasteiger partial charge in [0, 0.05) is 5.38 Å². The molecule has 0 saturated heterocycles. The van der Waals surface area contributed by atoms with E-state index >= 15 is 0 Å². The Morgan fingerprint density at radius 3 is 2.92 bits per heavy atom. The van der Waals surface area contributed by atoms with E-state index in [1.165, 1.54) is 11.3 Å². The van der Waals surface area contributed by atoms with Gasteiger partial charge in [-0.15, -0.1) is 11.3 Å². The number of carboxylic acids is 1. The van der Waals surface area contributed by atoms with E-state index in [0.717, 1.165) is 0 Å². The molecule has 0 radical (unpaired) electrons. The van der Waals surface area contributed by atoms with Gasteiger partial charge < -0.3 is 10.8 Å². The minimum absolute atomic E-state index is 0.421. The molecule has 1 aromatic heterocycles. The fraction of sp³-hybridized carbons (Fsp3) is 0.429. The maximum atomic E-state index is 10.7. The lowest BCUT2D eigenvalue weighted by Crippen LogP contribution is -2.10. The van der Waals surface area contributed by atoms with Crippen molar-refractivity contribution in [2.75, 3.05) is 5.73 Å². The zero-order valence-electron chi connectivity index (χ0n) is 6.65. The molecule has 0 aliphatic rings. The molecule has 1 rings (SSSR count). The number of carboxylic acid groups (broad SMARTS) is 1. The van der Waals surface area contributed by atoms with Gasteiger partial charge in [-0.25, -0.2) is 4.98 Å². The summed E-state index contributed by atoms with van der Waals surface area (Å²) in [5.41, 5.74) is 5.95. The Kier molecular flexibility index (Phi) is 2.65. The molecule has 0 aliphatic heterocycles. The van der Waals surface area contributed by atoms with Gasteiger partial charge in [0.1, 0.15) is 0 Å². The molecule has 0 bridgehead atoms. The first-order valence-corrected chi connectivity index (χ1v) is 4.46. The van der Waals surface area contributed by atoms with Crippen LogP contribution in [-0.4, -0.2) is 16.1 Å². The lowest BCUT2D eigenvalue weighted by molar-refractivity contribution is -0.138. The highest BCUT2D eigenvalue weighted by molar-refractivity contribution is 7.13. The largest absolute Gasteiger partial charge is 0.481 e. The van der Waals surface area contributed by atoms with E-state index in [1.54, 1.807) is 5.38 Å². The summed E-state index contributed by atoms with van der Waals surface area (Å²) in [6, 6.07) is 0. The molecule has 0 saturated carbocycles. The second kappa shape index (κ2) is 3.53. The van der Waals surface area contributed by atoms with Crippen LogP contribution in [0.1, 0.15) is 25.0 Å². The molecule has 4 nitrogen and oxygen atoms in total. The Hall–Kier alpha value is -1.10. The standard InChI is InChI=1S/C7H10N2O2S/c1-2-4(6(10)11)5-3-12-7(8)9-5/h3-4H,2H2,1H3,(H2,8,9)(H,10,11). The van der Waals surface area contributed by atoms with Crippen LogP contribution < -0.4 is 5.73 Å². The number of aromatic nitrogens is 1. The molecule has 1 unspecified atom stereocenters. The number of anilines is 1. The summed E-state index contributed by atoms with van der Waals surface area (Å²) in [5, 5.41) is 10.9. The number of thiazole rings is 1. The fourth-order valence-corrected chi connectivity index (χ4v) is 1.59. The molecule has 0 aliphatic carbocycles. The third-order valence-electron chi connectivity index (χ3n) is 1.60. The van der Waals surface area contributed by atoms with Gasteiger partial charge in [-0.3, -0.25) is 4.79 Å². The van der Waals surface area contributed by atoms with Crippen molar-refractivity contribution in [3.8, 4) is 0 Å². The van der Waals surface area contributed by atoms with Gasteiger partial charge in [0.15, 0.2) is 5.13 Å². The Bertz CT molecular complexity index is 285. The molecular formula is C7H10N2O2S. The van der Waals surface area contributed by atoms with Crippen LogP contribution >= 0.6 is 11.3 Å². The topological polar surface area (TPSA) is 76.2 Å². The van der Waals surface area contributed by atoms with Gasteiger partial charge in [-0.05, 0) is 6.42 Å². The molecule has 66 valence electrons. The molecule has 1 aromatic rings. The molecule has 1 atom stereocenters. The van der Waals surface area contributed by atoms with Gasteiger partial charge in [-0.2, -0.15) is 0 Å². The van der Waals surface area contributed by atoms with E-state index in [1.807, 2.05) is 6.92 Å². The van der Waals surface area contributed by atoms with E-state index in [9.17, 15) is 4.79 Å². The van der Waals surface area contributed by atoms with Crippen molar-refractivity contribution in [1.82, 2.24) is 4.98 Å². The Labute approximate surface area is 74.0 Å². The number of hydrogen-bond acceptors (Lipinski definition) is 4. The van der Waals surface area contributed by atoms with Crippen molar-refractivity contribution in [3.05, 3.63) is 11.1 Å². The van der Waals surface area contributed by atoms with Crippen LogP contribution in [-0.2, 0) is 4.79 Å². The van der Waals surface area contributed by atoms with E-state index in [4.69, 9.17) is 10.8 Å². The monoisotopic (exact) mass is 186 g/mol. The Morgan fingerprint density at radius 1 is 1.92 bits per heavy atom. The first-order valence-electron chi connectivity index (χ1n) is 3.58. The molecule has 0 spiro atoms. The fourth-order valence-electron chi connectivity index (χ4n) is 0.971. The van der Waals surface area contributed by atoms with Gasteiger partial charge in [0.05, 0.1) is 11.6 Å². The third-order valence-corrected chi connectivity index (χ3v) is 2.30. The predicted molar refractivity (Wildman–Crippen MR) is 47.2 cm³/mol. The van der Waals surface area contributed by atoms with E-state index in [-0.39, 0.29) is 0 Å². The molecule has 12 heavy (non-hydrogen) atoms. The first kappa shape index (κ1) is 8.99. The molecular weight excluding hydrogens is 176 g/mol. The van der Waals surface area contributed by atoms with Crippen molar-refractivity contribution < 1.29 is 9.90 Å². The first-order chi connectivity index (χ1) is 5.65. The number of nitrogens with zero attached hydrogens (tertiary/aromatic N) is 1. The van der Waals surface area contributed by atoms with E-state index in [0.29, 0.717) is 17.2 Å². The summed E-state index contributed by atoms with van der Waals surface area (Å²) in [5.74, 6) is -1.36. The minimum atomic E-state index is -0.845. The van der Waals surface area contributed by atoms with Gasteiger partial charge in [-0.1, -0.05) is 6.92 Å². The molecule has 0 aromatic carbocycles. The summed E-state index contributed by atoms with van der Waals surface area (Å²) < 4.78 is 0. The summed E-state index contributed by atoms with van der Waals surface area (Å²) in [7, 11) is 0. The lowest BCUT2D eigenvalue weighted by atomic mass is 10.0. The van der Waals surface area contributed by atoms with E-state index in [2.05, 4.69) is 4.98 Å². The van der Waals surface area contributed by atoms with Crippen LogP contribution in [0, 0.1) is 0 Å². The van der Waals surface area contributed by atoms with Crippen molar-refractivity contribution in [1.29, 1.82) is 0 Å². The predicted octanol–water partition coefficient (Wildman–Crippen LogP) is 1.30.